The maximum atomic E-state index is 11.5. The third-order valence-corrected chi connectivity index (χ3v) is 4.82. The molecular formula is C16H26O2. The first-order valence-electron chi connectivity index (χ1n) is 7.52. The summed E-state index contributed by atoms with van der Waals surface area (Å²) in [5.74, 6) is 0.403. The Hall–Kier alpha value is -0.790. The van der Waals surface area contributed by atoms with E-state index in [0.29, 0.717) is 17.9 Å². The summed E-state index contributed by atoms with van der Waals surface area (Å²) in [6, 6.07) is 0. The van der Waals surface area contributed by atoms with Crippen molar-refractivity contribution >= 4 is 5.97 Å². The van der Waals surface area contributed by atoms with Crippen LogP contribution >= 0.6 is 0 Å². The molecule has 2 nitrogen and oxygen atoms in total. The largest absolute Gasteiger partial charge is 0.463 e. The summed E-state index contributed by atoms with van der Waals surface area (Å²) in [6.07, 6.45) is 12.5. The van der Waals surface area contributed by atoms with E-state index in [1.54, 1.807) is 6.08 Å². The molecule has 0 N–H and O–H groups in total. The van der Waals surface area contributed by atoms with Crippen LogP contribution in [-0.2, 0) is 9.53 Å². The summed E-state index contributed by atoms with van der Waals surface area (Å²) in [6.45, 7) is 4.61. The van der Waals surface area contributed by atoms with Crippen molar-refractivity contribution in [1.29, 1.82) is 0 Å². The zero-order chi connectivity index (χ0) is 13.0. The highest BCUT2D eigenvalue weighted by atomic mass is 16.5. The molecule has 0 heterocycles. The Morgan fingerprint density at radius 3 is 2.67 bits per heavy atom. The van der Waals surface area contributed by atoms with Gasteiger partial charge in [0.05, 0.1) is 6.61 Å². The van der Waals surface area contributed by atoms with E-state index < -0.39 is 0 Å². The zero-order valence-electron chi connectivity index (χ0n) is 11.8. The number of allylic oxidation sites excluding steroid dienone is 1. The monoisotopic (exact) mass is 250 g/mol. The lowest BCUT2D eigenvalue weighted by atomic mass is 9.61. The second-order valence-corrected chi connectivity index (χ2v) is 6.14. The van der Waals surface area contributed by atoms with Crippen LogP contribution in [0.25, 0.3) is 0 Å². The molecule has 2 fully saturated rings. The second kappa shape index (κ2) is 5.90. The van der Waals surface area contributed by atoms with E-state index in [0.717, 1.165) is 6.42 Å². The van der Waals surface area contributed by atoms with Crippen LogP contribution in [0.5, 0.6) is 0 Å². The minimum absolute atomic E-state index is 0.154. The molecule has 102 valence electrons. The van der Waals surface area contributed by atoms with Gasteiger partial charge in [-0.25, -0.2) is 4.79 Å². The van der Waals surface area contributed by atoms with Crippen LogP contribution in [0.3, 0.4) is 0 Å². The van der Waals surface area contributed by atoms with Gasteiger partial charge in [-0.15, -0.1) is 0 Å². The average Bonchev–Trinajstić information content (AvgIpc) is 2.34. The molecule has 0 amide bonds. The molecule has 1 atom stereocenters. The Balaban J connectivity index is 1.97. The molecule has 2 heteroatoms. The van der Waals surface area contributed by atoms with Crippen molar-refractivity contribution in [3.8, 4) is 0 Å². The number of hydrogen-bond acceptors (Lipinski definition) is 2. The standard InChI is InChI=1S/C16H26O2/c1-3-18-15(17)11-14-7-10-16(12-13(14)2)8-5-4-6-9-16/h11,13H,3-10,12H2,1-2H3. The quantitative estimate of drug-likeness (QED) is 0.541. The van der Waals surface area contributed by atoms with E-state index in [2.05, 4.69) is 6.92 Å². The fourth-order valence-electron chi connectivity index (χ4n) is 3.84. The summed E-state index contributed by atoms with van der Waals surface area (Å²) >= 11 is 0. The summed E-state index contributed by atoms with van der Waals surface area (Å²) in [5, 5.41) is 0. The molecule has 0 aromatic heterocycles. The first kappa shape index (κ1) is 13.6. The molecule has 0 radical (unpaired) electrons. The Morgan fingerprint density at radius 1 is 1.33 bits per heavy atom. The van der Waals surface area contributed by atoms with Crippen molar-refractivity contribution in [2.24, 2.45) is 11.3 Å². The Bertz CT molecular complexity index is 324. The van der Waals surface area contributed by atoms with Gasteiger partial charge in [0.25, 0.3) is 0 Å². The molecule has 0 bridgehead atoms. The Morgan fingerprint density at radius 2 is 2.06 bits per heavy atom. The van der Waals surface area contributed by atoms with Crippen molar-refractivity contribution in [2.75, 3.05) is 6.61 Å². The van der Waals surface area contributed by atoms with Gasteiger partial charge < -0.3 is 4.74 Å². The van der Waals surface area contributed by atoms with Gasteiger partial charge in [0.2, 0.25) is 0 Å². The predicted molar refractivity (Wildman–Crippen MR) is 73.2 cm³/mol. The first-order chi connectivity index (χ1) is 8.65. The lowest BCUT2D eigenvalue weighted by molar-refractivity contribution is -0.137. The number of hydrogen-bond donors (Lipinski definition) is 0. The number of esters is 1. The molecule has 1 spiro atoms. The molecular weight excluding hydrogens is 224 g/mol. The van der Waals surface area contributed by atoms with Crippen molar-refractivity contribution in [2.45, 2.75) is 65.2 Å². The molecule has 2 rings (SSSR count). The van der Waals surface area contributed by atoms with Gasteiger partial charge in [0.15, 0.2) is 0 Å². The second-order valence-electron chi connectivity index (χ2n) is 6.14. The van der Waals surface area contributed by atoms with Gasteiger partial charge in [-0.3, -0.25) is 0 Å². The van der Waals surface area contributed by atoms with E-state index in [-0.39, 0.29) is 5.97 Å². The highest BCUT2D eigenvalue weighted by Gasteiger charge is 2.37. The smallest absolute Gasteiger partial charge is 0.330 e. The summed E-state index contributed by atoms with van der Waals surface area (Å²) in [4.78, 5) is 11.5. The maximum absolute atomic E-state index is 11.5. The topological polar surface area (TPSA) is 26.3 Å². The number of rotatable bonds is 2. The molecule has 2 aliphatic carbocycles. The Kier molecular flexibility index (Phi) is 4.47. The predicted octanol–water partition coefficient (Wildman–Crippen LogP) is 4.25. The van der Waals surface area contributed by atoms with Crippen LogP contribution in [0.15, 0.2) is 11.6 Å². The van der Waals surface area contributed by atoms with E-state index in [1.807, 2.05) is 6.92 Å². The Labute approximate surface area is 111 Å². The van der Waals surface area contributed by atoms with Crippen molar-refractivity contribution in [3.05, 3.63) is 11.6 Å². The molecule has 0 aliphatic heterocycles. The summed E-state index contributed by atoms with van der Waals surface area (Å²) in [7, 11) is 0. The summed E-state index contributed by atoms with van der Waals surface area (Å²) < 4.78 is 5.01. The fourth-order valence-corrected chi connectivity index (χ4v) is 3.84. The van der Waals surface area contributed by atoms with Crippen LogP contribution < -0.4 is 0 Å². The number of ether oxygens (including phenoxy) is 1. The SMILES string of the molecule is CCOC(=O)C=C1CCC2(CCCCC2)CC1C. The van der Waals surface area contributed by atoms with E-state index in [9.17, 15) is 4.79 Å². The molecule has 2 aliphatic rings. The minimum Gasteiger partial charge on any atom is -0.463 e. The van der Waals surface area contributed by atoms with Gasteiger partial charge in [0.1, 0.15) is 0 Å². The van der Waals surface area contributed by atoms with Crippen molar-refractivity contribution in [3.63, 3.8) is 0 Å². The van der Waals surface area contributed by atoms with Crippen LogP contribution in [0.4, 0.5) is 0 Å². The normalized spacial score (nSPS) is 29.4. The molecule has 0 saturated heterocycles. The van der Waals surface area contributed by atoms with Crippen molar-refractivity contribution in [1.82, 2.24) is 0 Å². The average molecular weight is 250 g/mol. The minimum atomic E-state index is -0.154. The molecule has 18 heavy (non-hydrogen) atoms. The van der Waals surface area contributed by atoms with Crippen LogP contribution in [0.1, 0.15) is 65.2 Å². The summed E-state index contributed by atoms with van der Waals surface area (Å²) in [5.41, 5.74) is 1.91. The van der Waals surface area contributed by atoms with E-state index in [4.69, 9.17) is 4.74 Å². The van der Waals surface area contributed by atoms with Gasteiger partial charge in [-0.05, 0) is 50.4 Å². The highest BCUT2D eigenvalue weighted by Crippen LogP contribution is 2.50. The van der Waals surface area contributed by atoms with Gasteiger partial charge >= 0.3 is 5.97 Å². The number of carbonyl (C=O) groups is 1. The highest BCUT2D eigenvalue weighted by molar-refractivity contribution is 5.82. The maximum Gasteiger partial charge on any atom is 0.330 e. The third kappa shape index (κ3) is 3.15. The van der Waals surface area contributed by atoms with Gasteiger partial charge in [0, 0.05) is 6.08 Å². The van der Waals surface area contributed by atoms with Crippen LogP contribution in [-0.4, -0.2) is 12.6 Å². The lowest BCUT2D eigenvalue weighted by Crippen LogP contribution is -2.31. The van der Waals surface area contributed by atoms with Crippen LogP contribution in [0, 0.1) is 11.3 Å². The van der Waals surface area contributed by atoms with Crippen LogP contribution in [0.2, 0.25) is 0 Å². The fraction of sp³-hybridized carbons (Fsp3) is 0.812. The van der Waals surface area contributed by atoms with Gasteiger partial charge in [-0.1, -0.05) is 31.8 Å². The number of carbonyl (C=O) groups excluding carboxylic acids is 1. The lowest BCUT2D eigenvalue weighted by Gasteiger charge is -2.44. The molecule has 0 aromatic rings. The first-order valence-corrected chi connectivity index (χ1v) is 7.52. The third-order valence-electron chi connectivity index (χ3n) is 4.82. The van der Waals surface area contributed by atoms with E-state index in [1.165, 1.54) is 50.5 Å². The van der Waals surface area contributed by atoms with Gasteiger partial charge in [-0.2, -0.15) is 0 Å². The van der Waals surface area contributed by atoms with Crippen molar-refractivity contribution < 1.29 is 9.53 Å². The molecule has 0 aromatic carbocycles. The van der Waals surface area contributed by atoms with E-state index >= 15 is 0 Å². The molecule has 2 saturated carbocycles. The zero-order valence-corrected chi connectivity index (χ0v) is 11.8. The molecule has 1 unspecified atom stereocenters.